The molecule has 164 valence electrons. The van der Waals surface area contributed by atoms with Crippen molar-refractivity contribution in [1.29, 1.82) is 0 Å². The van der Waals surface area contributed by atoms with Crippen molar-refractivity contribution in [1.82, 2.24) is 24.3 Å². The van der Waals surface area contributed by atoms with Crippen molar-refractivity contribution in [2.24, 2.45) is 0 Å². The van der Waals surface area contributed by atoms with Gasteiger partial charge in [0.2, 0.25) is 0 Å². The lowest BCUT2D eigenvalue weighted by Crippen LogP contribution is -2.14. The van der Waals surface area contributed by atoms with Crippen LogP contribution in [0.1, 0.15) is 60.3 Å². The fourth-order valence-electron chi connectivity index (χ4n) is 3.69. The molecule has 1 saturated carbocycles. The van der Waals surface area contributed by atoms with Gasteiger partial charge in [0.25, 0.3) is 5.91 Å². The van der Waals surface area contributed by atoms with E-state index in [9.17, 15) is 9.18 Å². The minimum Gasteiger partial charge on any atom is -0.321 e. The summed E-state index contributed by atoms with van der Waals surface area (Å²) in [4.78, 5) is 18.3. The molecule has 0 saturated heterocycles. The first-order chi connectivity index (χ1) is 15.4. The van der Waals surface area contributed by atoms with Crippen molar-refractivity contribution >= 4 is 22.9 Å². The molecule has 1 fully saturated rings. The monoisotopic (exact) mass is 450 g/mol. The molecule has 3 aromatic heterocycles. The van der Waals surface area contributed by atoms with Crippen molar-refractivity contribution in [3.8, 4) is 16.4 Å². The third-order valence-corrected chi connectivity index (χ3v) is 6.54. The third kappa shape index (κ3) is 3.84. The number of nitrogens with one attached hydrogen (secondary N) is 1. The topological polar surface area (TPSA) is 77.6 Å². The zero-order chi connectivity index (χ0) is 22.4. The van der Waals surface area contributed by atoms with Gasteiger partial charge in [0.1, 0.15) is 12.1 Å². The van der Waals surface area contributed by atoms with Gasteiger partial charge in [-0.2, -0.15) is 0 Å². The number of halogens is 1. The van der Waals surface area contributed by atoms with Crippen LogP contribution in [-0.2, 0) is 0 Å². The Morgan fingerprint density at radius 2 is 2.06 bits per heavy atom. The van der Waals surface area contributed by atoms with Crippen molar-refractivity contribution < 1.29 is 9.18 Å². The van der Waals surface area contributed by atoms with E-state index in [4.69, 9.17) is 0 Å². The highest BCUT2D eigenvalue weighted by Crippen LogP contribution is 2.39. The molecule has 1 aromatic carbocycles. The van der Waals surface area contributed by atoms with Gasteiger partial charge in [-0.3, -0.25) is 4.79 Å². The van der Waals surface area contributed by atoms with Crippen LogP contribution in [-0.4, -0.2) is 30.2 Å². The zero-order valence-electron chi connectivity index (χ0n) is 18.0. The number of carbonyl (C=O) groups excluding carboxylic acids is 1. The predicted molar refractivity (Wildman–Crippen MR) is 122 cm³/mol. The van der Waals surface area contributed by atoms with Crippen molar-refractivity contribution in [2.75, 3.05) is 5.32 Å². The lowest BCUT2D eigenvalue weighted by atomic mass is 10.1. The van der Waals surface area contributed by atoms with E-state index in [2.05, 4.69) is 34.3 Å². The molecule has 32 heavy (non-hydrogen) atoms. The molecule has 7 nitrogen and oxygen atoms in total. The Kier molecular flexibility index (Phi) is 5.13. The summed E-state index contributed by atoms with van der Waals surface area (Å²) in [5.41, 5.74) is 3.11. The number of imidazole rings is 1. The summed E-state index contributed by atoms with van der Waals surface area (Å²) >= 11 is 1.45. The van der Waals surface area contributed by atoms with Crippen LogP contribution < -0.4 is 5.32 Å². The maximum absolute atomic E-state index is 14.7. The van der Waals surface area contributed by atoms with E-state index in [-0.39, 0.29) is 11.6 Å². The molecule has 1 N–H and O–H groups in total. The van der Waals surface area contributed by atoms with E-state index in [0.29, 0.717) is 11.6 Å². The van der Waals surface area contributed by atoms with Gasteiger partial charge >= 0.3 is 0 Å². The van der Waals surface area contributed by atoms with Gasteiger partial charge in [-0.25, -0.2) is 9.37 Å². The van der Waals surface area contributed by atoms with E-state index in [0.717, 1.165) is 40.5 Å². The van der Waals surface area contributed by atoms with Crippen molar-refractivity contribution in [3.05, 3.63) is 65.1 Å². The largest absolute Gasteiger partial charge is 0.321 e. The lowest BCUT2D eigenvalue weighted by Gasteiger charge is -2.11. The lowest BCUT2D eigenvalue weighted by molar-refractivity contribution is 0.102. The number of rotatable bonds is 6. The molecule has 1 aliphatic carbocycles. The van der Waals surface area contributed by atoms with Crippen LogP contribution in [0.15, 0.2) is 42.4 Å². The number of aromatic nitrogens is 5. The quantitative estimate of drug-likeness (QED) is 0.430. The van der Waals surface area contributed by atoms with Crippen LogP contribution in [0.25, 0.3) is 16.4 Å². The predicted octanol–water partition coefficient (Wildman–Crippen LogP) is 5.35. The Bertz CT molecular complexity index is 1300. The molecular formula is C23H23FN6OS. The van der Waals surface area contributed by atoms with Gasteiger partial charge in [0.05, 0.1) is 33.8 Å². The molecule has 1 amide bonds. The van der Waals surface area contributed by atoms with Gasteiger partial charge in [-0.1, -0.05) is 0 Å². The second-order valence-electron chi connectivity index (χ2n) is 8.41. The first-order valence-electron chi connectivity index (χ1n) is 10.5. The number of hydrogen-bond donors (Lipinski definition) is 1. The summed E-state index contributed by atoms with van der Waals surface area (Å²) in [6, 6.07) is 5.02. The Morgan fingerprint density at radius 1 is 1.25 bits per heavy atom. The van der Waals surface area contributed by atoms with E-state index < -0.39 is 11.7 Å². The highest BCUT2D eigenvalue weighted by molar-refractivity contribution is 7.14. The second-order valence-corrected chi connectivity index (χ2v) is 9.32. The SMILES string of the molecule is Cc1cc(F)c(C(=O)Nc2csc(-c3nncn3C(C)C)c2)cc1-n1cnc(C2CC2)c1. The highest BCUT2D eigenvalue weighted by Gasteiger charge is 2.26. The van der Waals surface area contributed by atoms with Crippen LogP contribution in [0.2, 0.25) is 0 Å². The minimum absolute atomic E-state index is 0.00892. The molecule has 0 aliphatic heterocycles. The van der Waals surface area contributed by atoms with Gasteiger partial charge in [-0.05, 0) is 57.4 Å². The number of aryl methyl sites for hydroxylation is 1. The van der Waals surface area contributed by atoms with Gasteiger partial charge < -0.3 is 14.5 Å². The highest BCUT2D eigenvalue weighted by atomic mass is 32.1. The van der Waals surface area contributed by atoms with Crippen LogP contribution in [0.3, 0.4) is 0 Å². The molecule has 4 aromatic rings. The van der Waals surface area contributed by atoms with E-state index in [1.165, 1.54) is 17.4 Å². The van der Waals surface area contributed by atoms with Crippen molar-refractivity contribution in [2.45, 2.75) is 45.6 Å². The normalized spacial score (nSPS) is 13.7. The maximum Gasteiger partial charge on any atom is 0.258 e. The molecule has 0 unspecified atom stereocenters. The van der Waals surface area contributed by atoms with Crippen molar-refractivity contribution in [3.63, 3.8) is 0 Å². The number of thiophene rings is 1. The average molecular weight is 451 g/mol. The number of carbonyl (C=O) groups is 1. The number of anilines is 1. The van der Waals surface area contributed by atoms with Crippen LogP contribution >= 0.6 is 11.3 Å². The summed E-state index contributed by atoms with van der Waals surface area (Å²) in [5, 5.41) is 12.8. The van der Waals surface area contributed by atoms with Gasteiger partial charge in [0.15, 0.2) is 5.82 Å². The zero-order valence-corrected chi connectivity index (χ0v) is 18.9. The van der Waals surface area contributed by atoms with Crippen LogP contribution in [0.4, 0.5) is 10.1 Å². The molecule has 0 radical (unpaired) electrons. The minimum atomic E-state index is -0.554. The molecule has 0 spiro atoms. The number of benzene rings is 1. The molecule has 9 heteroatoms. The van der Waals surface area contributed by atoms with E-state index in [1.54, 1.807) is 18.7 Å². The van der Waals surface area contributed by atoms with Crippen LogP contribution in [0.5, 0.6) is 0 Å². The first-order valence-corrected chi connectivity index (χ1v) is 11.4. The summed E-state index contributed by atoms with van der Waals surface area (Å²) in [6.07, 6.45) is 7.69. The average Bonchev–Trinajstić information content (AvgIpc) is 3.15. The molecule has 1 aliphatic rings. The second kappa shape index (κ2) is 7.98. The molecule has 0 atom stereocenters. The molecule has 0 bridgehead atoms. The summed E-state index contributed by atoms with van der Waals surface area (Å²) in [6.45, 7) is 5.93. The Hall–Kier alpha value is -3.33. The maximum atomic E-state index is 14.7. The number of amides is 1. The van der Waals surface area contributed by atoms with Gasteiger partial charge in [0, 0.05) is 23.5 Å². The fourth-order valence-corrected chi connectivity index (χ4v) is 4.52. The third-order valence-electron chi connectivity index (χ3n) is 5.61. The van der Waals surface area contributed by atoms with E-state index >= 15 is 0 Å². The smallest absolute Gasteiger partial charge is 0.258 e. The van der Waals surface area contributed by atoms with E-state index in [1.807, 2.05) is 33.7 Å². The summed E-state index contributed by atoms with van der Waals surface area (Å²) in [7, 11) is 0. The van der Waals surface area contributed by atoms with Crippen LogP contribution in [0, 0.1) is 12.7 Å². The number of nitrogens with zero attached hydrogens (tertiary/aromatic N) is 5. The number of hydrogen-bond acceptors (Lipinski definition) is 5. The van der Waals surface area contributed by atoms with Gasteiger partial charge in [-0.15, -0.1) is 21.5 Å². The standard InChI is InChI=1S/C23H23FN6OS/c1-13(2)30-12-26-28-22(30)21-7-16(10-32-21)27-23(31)17-8-20(14(3)6-18(17)24)29-9-19(25-11-29)15-4-5-15/h6-13,15H,4-5H2,1-3H3,(H,27,31). The molecular weight excluding hydrogens is 427 g/mol. The summed E-state index contributed by atoms with van der Waals surface area (Å²) in [5.74, 6) is 0.206. The Morgan fingerprint density at radius 3 is 2.81 bits per heavy atom. The fraction of sp³-hybridized carbons (Fsp3) is 0.304. The first kappa shape index (κ1) is 20.6. The molecule has 3 heterocycles. The molecule has 5 rings (SSSR count). The summed E-state index contributed by atoms with van der Waals surface area (Å²) < 4.78 is 18.5. The Labute approximate surface area is 188 Å². The Balaban J connectivity index is 1.40.